The third-order valence-electron chi connectivity index (χ3n) is 5.64. The summed E-state index contributed by atoms with van der Waals surface area (Å²) in [7, 11) is 0. The summed E-state index contributed by atoms with van der Waals surface area (Å²) >= 11 is 0. The maximum absolute atomic E-state index is 14.6. The van der Waals surface area contributed by atoms with Gasteiger partial charge in [0.05, 0.1) is 16.7 Å². The van der Waals surface area contributed by atoms with Crippen LogP contribution >= 0.6 is 0 Å². The van der Waals surface area contributed by atoms with Gasteiger partial charge in [0.25, 0.3) is 0 Å². The lowest BCUT2D eigenvalue weighted by Gasteiger charge is -2.19. The fourth-order valence-corrected chi connectivity index (χ4v) is 3.75. The third-order valence-corrected chi connectivity index (χ3v) is 5.64. The average Bonchev–Trinajstić information content (AvgIpc) is 2.92. The highest BCUT2D eigenvalue weighted by atomic mass is 19.2. The Morgan fingerprint density at radius 2 is 0.500 bits per heavy atom. The summed E-state index contributed by atoms with van der Waals surface area (Å²) in [4.78, 5) is 0. The fraction of sp³-hybridized carbons (Fsp3) is 0. The summed E-state index contributed by atoms with van der Waals surface area (Å²) in [6.07, 6.45) is 0. The second-order valence-corrected chi connectivity index (χ2v) is 7.82. The van der Waals surface area contributed by atoms with E-state index in [0.29, 0.717) is 0 Å². The van der Waals surface area contributed by atoms with E-state index in [4.69, 9.17) is 5.73 Å². The van der Waals surface area contributed by atoms with Gasteiger partial charge < -0.3 is 5.73 Å². The van der Waals surface area contributed by atoms with Gasteiger partial charge in [-0.3, -0.25) is 0 Å². The summed E-state index contributed by atoms with van der Waals surface area (Å²) in [6, 6.07) is 0.00285. The van der Waals surface area contributed by atoms with Crippen LogP contribution in [0, 0.1) is 87.3 Å². The molecule has 0 aliphatic heterocycles. The molecular weight excluding hydrogens is 587 g/mol. The molecule has 0 atom stereocenters. The normalized spacial score (nSPS) is 11.5. The van der Waals surface area contributed by atoms with E-state index in [2.05, 4.69) is 0 Å². The highest BCUT2D eigenvalue weighted by Gasteiger charge is 2.34. The van der Waals surface area contributed by atoms with Crippen LogP contribution in [0.1, 0.15) is 0 Å². The van der Waals surface area contributed by atoms with Gasteiger partial charge in [-0.1, -0.05) is 0 Å². The predicted octanol–water partition coefficient (Wildman–Crippen LogP) is 8.36. The zero-order valence-electron chi connectivity index (χ0n) is 18.4. The van der Waals surface area contributed by atoms with Crippen molar-refractivity contribution in [3.63, 3.8) is 0 Å². The Kier molecular flexibility index (Phi) is 6.92. The van der Waals surface area contributed by atoms with Crippen molar-refractivity contribution in [1.29, 1.82) is 0 Å². The number of nitrogen functional groups attached to an aromatic ring is 1. The first-order valence-corrected chi connectivity index (χ1v) is 10.0. The molecule has 16 heteroatoms. The number of hydrogen-bond donors (Lipinski definition) is 1. The summed E-state index contributed by atoms with van der Waals surface area (Å²) < 4.78 is 212. The second kappa shape index (κ2) is 9.67. The zero-order chi connectivity index (χ0) is 30.1. The highest BCUT2D eigenvalue weighted by Crippen LogP contribution is 2.45. The van der Waals surface area contributed by atoms with Crippen LogP contribution < -0.4 is 5.73 Å². The predicted molar refractivity (Wildman–Crippen MR) is 107 cm³/mol. The molecule has 0 amide bonds. The van der Waals surface area contributed by atoms with Gasteiger partial charge >= 0.3 is 0 Å². The van der Waals surface area contributed by atoms with Crippen molar-refractivity contribution in [2.75, 3.05) is 5.73 Å². The van der Waals surface area contributed by atoms with E-state index in [1.165, 1.54) is 0 Å². The Bertz CT molecular complexity index is 1590. The first-order valence-electron chi connectivity index (χ1n) is 10.0. The summed E-state index contributed by atoms with van der Waals surface area (Å²) in [6.45, 7) is 0. The molecule has 0 radical (unpaired) electrons. The Morgan fingerprint density at radius 1 is 0.300 bits per heavy atom. The van der Waals surface area contributed by atoms with Gasteiger partial charge in [-0.25, -0.2) is 65.9 Å². The van der Waals surface area contributed by atoms with E-state index >= 15 is 0 Å². The van der Waals surface area contributed by atoms with E-state index in [9.17, 15) is 65.9 Å². The number of hydrogen-bond acceptors (Lipinski definition) is 1. The van der Waals surface area contributed by atoms with E-state index in [-0.39, 0.29) is 12.1 Å². The molecule has 4 rings (SSSR count). The maximum Gasteiger partial charge on any atom is 0.200 e. The molecule has 0 saturated heterocycles. The lowest BCUT2D eigenvalue weighted by Crippen LogP contribution is -2.09. The van der Waals surface area contributed by atoms with Gasteiger partial charge in [0.15, 0.2) is 69.8 Å². The molecule has 1 nitrogen and oxygen atoms in total. The minimum absolute atomic E-state index is 0.00143. The first-order chi connectivity index (χ1) is 18.5. The topological polar surface area (TPSA) is 26.0 Å². The van der Waals surface area contributed by atoms with Crippen molar-refractivity contribution in [2.45, 2.75) is 0 Å². The van der Waals surface area contributed by atoms with Crippen molar-refractivity contribution in [2.24, 2.45) is 0 Å². The molecular formula is C24H4F15N. The van der Waals surface area contributed by atoms with Crippen LogP contribution in [0.15, 0.2) is 12.1 Å². The van der Waals surface area contributed by atoms with Crippen molar-refractivity contribution >= 4 is 5.69 Å². The lowest BCUT2D eigenvalue weighted by molar-refractivity contribution is 0.381. The quantitative estimate of drug-likeness (QED) is 0.110. The molecule has 2 N–H and O–H groups in total. The molecule has 0 bridgehead atoms. The minimum atomic E-state index is -2.73. The SMILES string of the molecule is Nc1c(-c2c(F)c(F)c(F)c(F)c2F)cc(-c2c(F)c(F)c(F)c(F)c2F)cc1-c1c(F)c(F)c(F)c(F)c1F. The van der Waals surface area contributed by atoms with Gasteiger partial charge in [-0.15, -0.1) is 0 Å². The van der Waals surface area contributed by atoms with Crippen LogP contribution in [-0.2, 0) is 0 Å². The summed E-state index contributed by atoms with van der Waals surface area (Å²) in [5.74, 6) is -40.2. The number of halogens is 15. The van der Waals surface area contributed by atoms with Crippen molar-refractivity contribution in [3.8, 4) is 33.4 Å². The third kappa shape index (κ3) is 3.92. The molecule has 0 spiro atoms. The van der Waals surface area contributed by atoms with Gasteiger partial charge in [0, 0.05) is 16.8 Å². The van der Waals surface area contributed by atoms with Crippen molar-refractivity contribution in [3.05, 3.63) is 99.4 Å². The first kappa shape index (κ1) is 28.6. The van der Waals surface area contributed by atoms with E-state index in [1.54, 1.807) is 0 Å². The van der Waals surface area contributed by atoms with Crippen LogP contribution in [0.4, 0.5) is 71.5 Å². The molecule has 4 aromatic carbocycles. The van der Waals surface area contributed by atoms with Crippen LogP contribution in [-0.4, -0.2) is 0 Å². The van der Waals surface area contributed by atoms with Crippen molar-refractivity contribution in [1.82, 2.24) is 0 Å². The van der Waals surface area contributed by atoms with Crippen LogP contribution in [0.3, 0.4) is 0 Å². The lowest BCUT2D eigenvalue weighted by atomic mass is 9.89. The molecule has 0 fully saturated rings. The van der Waals surface area contributed by atoms with Gasteiger partial charge in [-0.05, 0) is 17.7 Å². The molecule has 0 aliphatic rings. The number of rotatable bonds is 3. The van der Waals surface area contributed by atoms with Gasteiger partial charge in [0.1, 0.15) is 0 Å². The van der Waals surface area contributed by atoms with Gasteiger partial charge in [-0.2, -0.15) is 0 Å². The Morgan fingerprint density at radius 3 is 0.750 bits per heavy atom. The Balaban J connectivity index is 2.28. The Hall–Kier alpha value is -4.37. The summed E-state index contributed by atoms with van der Waals surface area (Å²) in [5.41, 5.74) is -6.70. The molecule has 0 unspecified atom stereocenters. The number of nitrogens with two attached hydrogens (primary N) is 1. The maximum atomic E-state index is 14.6. The van der Waals surface area contributed by atoms with E-state index in [0.717, 1.165) is 0 Å². The van der Waals surface area contributed by atoms with Crippen LogP contribution in [0.5, 0.6) is 0 Å². The largest absolute Gasteiger partial charge is 0.398 e. The molecule has 40 heavy (non-hydrogen) atoms. The Labute approximate surface area is 210 Å². The zero-order valence-corrected chi connectivity index (χ0v) is 18.4. The minimum Gasteiger partial charge on any atom is -0.398 e. The number of anilines is 1. The molecule has 4 aromatic rings. The van der Waals surface area contributed by atoms with E-state index < -0.39 is 126 Å². The molecule has 210 valence electrons. The van der Waals surface area contributed by atoms with E-state index in [1.807, 2.05) is 0 Å². The smallest absolute Gasteiger partial charge is 0.200 e. The molecule has 0 heterocycles. The highest BCUT2D eigenvalue weighted by molar-refractivity contribution is 5.94. The average molecular weight is 591 g/mol. The molecule has 0 aromatic heterocycles. The monoisotopic (exact) mass is 591 g/mol. The van der Waals surface area contributed by atoms with Crippen molar-refractivity contribution < 1.29 is 65.9 Å². The molecule has 0 saturated carbocycles. The number of benzene rings is 4. The summed E-state index contributed by atoms with van der Waals surface area (Å²) in [5, 5.41) is 0. The fourth-order valence-electron chi connectivity index (χ4n) is 3.75. The molecule has 0 aliphatic carbocycles. The van der Waals surface area contributed by atoms with Crippen LogP contribution in [0.25, 0.3) is 33.4 Å². The second-order valence-electron chi connectivity index (χ2n) is 7.82. The standard InChI is InChI=1S/C24H4F15N/c25-9-6(10(26)16(32)21(37)15(9)31)3-1-4(7-11(27)17(33)22(38)18(34)12(7)28)24(40)5(2-3)8-13(29)19(35)23(39)20(36)14(8)30/h1-2H,40H2. The van der Waals surface area contributed by atoms with Gasteiger partial charge in [0.2, 0.25) is 17.5 Å². The van der Waals surface area contributed by atoms with Crippen LogP contribution in [0.2, 0.25) is 0 Å².